The van der Waals surface area contributed by atoms with Crippen molar-refractivity contribution in [1.29, 1.82) is 0 Å². The van der Waals surface area contributed by atoms with Gasteiger partial charge < -0.3 is 4.43 Å². The lowest BCUT2D eigenvalue weighted by Gasteiger charge is -2.58. The maximum absolute atomic E-state index is 12.3. The van der Waals surface area contributed by atoms with Gasteiger partial charge in [-0.05, 0) is 107 Å². The topological polar surface area (TPSA) is 26.3 Å². The largest absolute Gasteiger partial charge is 0.414 e. The lowest BCUT2D eigenvalue weighted by Crippen LogP contribution is -2.51. The van der Waals surface area contributed by atoms with E-state index in [-0.39, 0.29) is 5.41 Å². The smallest absolute Gasteiger partial charge is 0.184 e. The van der Waals surface area contributed by atoms with Gasteiger partial charge in [0.05, 0.1) is 0 Å². The van der Waals surface area contributed by atoms with E-state index >= 15 is 0 Å². The molecule has 3 fully saturated rings. The van der Waals surface area contributed by atoms with Crippen LogP contribution in [0.3, 0.4) is 0 Å². The van der Waals surface area contributed by atoms with Gasteiger partial charge in [0.25, 0.3) is 0 Å². The summed E-state index contributed by atoms with van der Waals surface area (Å²) in [5.74, 6) is 3.16. The summed E-state index contributed by atoms with van der Waals surface area (Å²) in [7, 11) is -1.47. The maximum atomic E-state index is 12.3. The minimum absolute atomic E-state index is 0.271. The molecule has 0 heterocycles. The Morgan fingerprint density at radius 2 is 1.81 bits per heavy atom. The van der Waals surface area contributed by atoms with Crippen LogP contribution in [0.1, 0.15) is 72.1 Å². The van der Waals surface area contributed by atoms with Crippen LogP contribution in [-0.2, 0) is 9.22 Å². The molecule has 4 aliphatic carbocycles. The Morgan fingerprint density at radius 3 is 2.48 bits per heavy atom. The fourth-order valence-corrected chi connectivity index (χ4v) is 9.10. The van der Waals surface area contributed by atoms with E-state index in [2.05, 4.69) is 39.6 Å². The van der Waals surface area contributed by atoms with Gasteiger partial charge in [-0.2, -0.15) is 0 Å². The quantitative estimate of drug-likeness (QED) is 0.414. The van der Waals surface area contributed by atoms with Crippen molar-refractivity contribution >= 4 is 14.1 Å². The summed E-state index contributed by atoms with van der Waals surface area (Å²) >= 11 is 0. The van der Waals surface area contributed by atoms with E-state index in [1.807, 2.05) is 6.92 Å². The predicted molar refractivity (Wildman–Crippen MR) is 114 cm³/mol. The van der Waals surface area contributed by atoms with Gasteiger partial charge in [0.1, 0.15) is 5.78 Å². The highest BCUT2D eigenvalue weighted by molar-refractivity contribution is 6.69. The van der Waals surface area contributed by atoms with Crippen molar-refractivity contribution in [3.63, 3.8) is 0 Å². The first kappa shape index (κ1) is 19.9. The molecule has 0 bridgehead atoms. The molecule has 0 N–H and O–H groups in total. The monoisotopic (exact) mass is 388 g/mol. The van der Waals surface area contributed by atoms with Gasteiger partial charge >= 0.3 is 0 Å². The first-order valence-corrected chi connectivity index (χ1v) is 14.8. The second-order valence-electron chi connectivity index (χ2n) is 11.6. The van der Waals surface area contributed by atoms with E-state index in [1.165, 1.54) is 44.9 Å². The lowest BCUT2D eigenvalue weighted by molar-refractivity contribution is -0.127. The molecule has 2 nitrogen and oxygen atoms in total. The molecule has 0 amide bonds. The number of hydrogen-bond donors (Lipinski definition) is 0. The number of ketones is 1. The van der Waals surface area contributed by atoms with E-state index in [0.717, 1.165) is 24.2 Å². The first-order chi connectivity index (χ1) is 12.5. The highest BCUT2D eigenvalue weighted by Gasteiger charge is 2.59. The molecule has 7 atom stereocenters. The van der Waals surface area contributed by atoms with Gasteiger partial charge in [0, 0.05) is 12.0 Å². The van der Waals surface area contributed by atoms with Crippen molar-refractivity contribution in [2.24, 2.45) is 34.5 Å². The molecule has 0 saturated heterocycles. The Labute approximate surface area is 167 Å². The molecule has 0 aliphatic heterocycles. The number of rotatable bonds is 3. The average molecular weight is 389 g/mol. The Kier molecular flexibility index (Phi) is 4.83. The van der Waals surface area contributed by atoms with Crippen LogP contribution in [0.25, 0.3) is 0 Å². The van der Waals surface area contributed by atoms with Gasteiger partial charge in [0.15, 0.2) is 8.32 Å². The average Bonchev–Trinajstić information content (AvgIpc) is 2.91. The standard InChI is InChI=1S/C24H40O2Si/c1-16(25)20-9-10-21-19-8-7-17-15-18(26-27(4,5)6)11-13-23(17,2)22(19)12-14-24(20,21)3/h7,18-22H,8-15H2,1-6H3/t18?,19-,20+,21-,22-,23-,24+/m0/s1. The molecule has 1 unspecified atom stereocenters. The van der Waals surface area contributed by atoms with E-state index in [4.69, 9.17) is 4.43 Å². The van der Waals surface area contributed by atoms with Crippen LogP contribution in [-0.4, -0.2) is 20.2 Å². The molecule has 4 rings (SSSR count). The van der Waals surface area contributed by atoms with Gasteiger partial charge in [0.2, 0.25) is 0 Å². The number of fused-ring (bicyclic) bond motifs is 5. The highest BCUT2D eigenvalue weighted by atomic mass is 28.4. The molecule has 4 aliphatic rings. The molecule has 0 spiro atoms. The van der Waals surface area contributed by atoms with E-state index < -0.39 is 8.32 Å². The van der Waals surface area contributed by atoms with E-state index in [9.17, 15) is 4.79 Å². The number of Topliss-reactive ketones (excluding diaryl/α,β-unsaturated/α-hetero) is 1. The number of hydrogen-bond acceptors (Lipinski definition) is 2. The Hall–Kier alpha value is -0.413. The van der Waals surface area contributed by atoms with E-state index in [0.29, 0.717) is 23.2 Å². The van der Waals surface area contributed by atoms with E-state index in [1.54, 1.807) is 5.57 Å². The molecule has 3 heteroatoms. The lowest BCUT2D eigenvalue weighted by atomic mass is 9.47. The summed E-state index contributed by atoms with van der Waals surface area (Å²) in [5.41, 5.74) is 2.37. The zero-order valence-corrected chi connectivity index (χ0v) is 19.4. The second-order valence-corrected chi connectivity index (χ2v) is 16.1. The predicted octanol–water partition coefficient (Wildman–Crippen LogP) is 6.37. The molecular weight excluding hydrogens is 348 g/mol. The van der Waals surface area contributed by atoms with Crippen molar-refractivity contribution in [3.05, 3.63) is 11.6 Å². The van der Waals surface area contributed by atoms with Crippen molar-refractivity contribution < 1.29 is 9.22 Å². The van der Waals surface area contributed by atoms with Gasteiger partial charge in [-0.1, -0.05) is 25.5 Å². The summed E-state index contributed by atoms with van der Waals surface area (Å²) in [6, 6.07) is 0. The van der Waals surface area contributed by atoms with Gasteiger partial charge in [-0.3, -0.25) is 4.79 Å². The third-order valence-electron chi connectivity index (χ3n) is 9.07. The third-order valence-corrected chi connectivity index (χ3v) is 10.1. The Morgan fingerprint density at radius 1 is 1.07 bits per heavy atom. The molecular formula is C24H40O2Si. The Balaban J connectivity index is 1.57. The zero-order valence-electron chi connectivity index (χ0n) is 18.4. The fourth-order valence-electron chi connectivity index (χ4n) is 7.90. The van der Waals surface area contributed by atoms with Gasteiger partial charge in [-0.15, -0.1) is 0 Å². The normalized spacial score (nSPS) is 46.9. The second kappa shape index (κ2) is 6.55. The zero-order chi connectivity index (χ0) is 19.6. The van der Waals surface area contributed by atoms with Crippen LogP contribution in [0.5, 0.6) is 0 Å². The van der Waals surface area contributed by atoms with Crippen molar-refractivity contribution in [2.75, 3.05) is 0 Å². The fraction of sp³-hybridized carbons (Fsp3) is 0.875. The summed E-state index contributed by atoms with van der Waals surface area (Å²) in [4.78, 5) is 12.3. The van der Waals surface area contributed by atoms with Crippen LogP contribution in [0.15, 0.2) is 11.6 Å². The SMILES string of the molecule is CC(=O)[C@H]1CC[C@H]2[C@@H]3CC=C4CC(O[Si](C)(C)C)CC[C@]4(C)[C@H]3CC[C@]12C. The van der Waals surface area contributed by atoms with Crippen LogP contribution in [0.4, 0.5) is 0 Å². The molecule has 0 radical (unpaired) electrons. The highest BCUT2D eigenvalue weighted by Crippen LogP contribution is 2.66. The molecule has 0 aromatic heterocycles. The van der Waals surface area contributed by atoms with Crippen LogP contribution in [0, 0.1) is 34.5 Å². The Bertz CT molecular complexity index is 647. The van der Waals surface area contributed by atoms with Crippen molar-refractivity contribution in [1.82, 2.24) is 0 Å². The van der Waals surface area contributed by atoms with Gasteiger partial charge in [-0.25, -0.2) is 0 Å². The molecule has 0 aromatic rings. The minimum Gasteiger partial charge on any atom is -0.414 e. The summed E-state index contributed by atoms with van der Waals surface area (Å²) in [5, 5.41) is 0. The molecule has 0 aromatic carbocycles. The molecule has 3 saturated carbocycles. The van der Waals surface area contributed by atoms with Crippen LogP contribution in [0.2, 0.25) is 19.6 Å². The minimum atomic E-state index is -1.47. The van der Waals surface area contributed by atoms with Crippen LogP contribution >= 0.6 is 0 Å². The molecule has 27 heavy (non-hydrogen) atoms. The first-order valence-electron chi connectivity index (χ1n) is 11.4. The number of carbonyl (C=O) groups is 1. The molecule has 152 valence electrons. The van der Waals surface area contributed by atoms with Crippen molar-refractivity contribution in [2.45, 2.75) is 97.9 Å². The number of allylic oxidation sites excluding steroid dienone is 1. The van der Waals surface area contributed by atoms with Crippen LogP contribution < -0.4 is 0 Å². The number of carbonyl (C=O) groups excluding carboxylic acids is 1. The van der Waals surface area contributed by atoms with Crippen molar-refractivity contribution in [3.8, 4) is 0 Å². The summed E-state index contributed by atoms with van der Waals surface area (Å²) in [6.07, 6.45) is 13.0. The maximum Gasteiger partial charge on any atom is 0.184 e. The third kappa shape index (κ3) is 3.21. The summed E-state index contributed by atoms with van der Waals surface area (Å²) < 4.78 is 6.50. The summed E-state index contributed by atoms with van der Waals surface area (Å²) in [6.45, 7) is 13.8.